The number of ether oxygens (including phenoxy) is 2. The summed E-state index contributed by atoms with van der Waals surface area (Å²) in [6.45, 7) is 6.87. The number of nitrogens with zero attached hydrogens (tertiary/aromatic N) is 2. The van der Waals surface area contributed by atoms with Crippen molar-refractivity contribution in [1.82, 2.24) is 20.4 Å². The quantitative estimate of drug-likeness (QED) is 0.313. The van der Waals surface area contributed by atoms with Crippen LogP contribution in [0.25, 0.3) is 0 Å². The third-order valence-corrected chi connectivity index (χ3v) is 8.12. The van der Waals surface area contributed by atoms with Gasteiger partial charge in [0.2, 0.25) is 17.7 Å². The number of aliphatic hydroxyl groups is 1. The maximum absolute atomic E-state index is 13.6. The Morgan fingerprint density at radius 1 is 1.18 bits per heavy atom. The first-order valence-corrected chi connectivity index (χ1v) is 12.9. The summed E-state index contributed by atoms with van der Waals surface area (Å²) in [6, 6.07) is -0.819. The molecule has 0 aromatic carbocycles. The number of hydrogen-bond acceptors (Lipinski definition) is 7. The predicted octanol–water partition coefficient (Wildman–Crippen LogP) is -0.909. The van der Waals surface area contributed by atoms with Gasteiger partial charge in [-0.15, -0.1) is 0 Å². The molecule has 10 nitrogen and oxygen atoms in total. The van der Waals surface area contributed by atoms with Crippen molar-refractivity contribution in [2.24, 2.45) is 11.8 Å². The van der Waals surface area contributed by atoms with Crippen molar-refractivity contribution in [3.8, 4) is 0 Å². The second-order valence-corrected chi connectivity index (χ2v) is 10.5. The Morgan fingerprint density at radius 3 is 2.61 bits per heavy atom. The van der Waals surface area contributed by atoms with Gasteiger partial charge in [0.1, 0.15) is 11.6 Å². The summed E-state index contributed by atoms with van der Waals surface area (Å²) in [6.07, 6.45) is 1.20. The zero-order chi connectivity index (χ0) is 23.6. The zero-order valence-corrected chi connectivity index (χ0v) is 20.7. The van der Waals surface area contributed by atoms with Crippen molar-refractivity contribution >= 4 is 33.7 Å². The molecule has 1 spiro atoms. The van der Waals surface area contributed by atoms with Gasteiger partial charge in [0, 0.05) is 50.7 Å². The first-order valence-electron chi connectivity index (χ1n) is 12.0. The molecule has 4 aliphatic rings. The van der Waals surface area contributed by atoms with E-state index in [9.17, 15) is 19.5 Å². The maximum Gasteiger partial charge on any atom is 0.245 e. The monoisotopic (exact) mass is 530 g/mol. The van der Waals surface area contributed by atoms with E-state index in [4.69, 9.17) is 9.47 Å². The average Bonchev–Trinajstić information content (AvgIpc) is 3.40. The molecule has 2 bridgehead atoms. The van der Waals surface area contributed by atoms with Crippen LogP contribution in [0.5, 0.6) is 0 Å². The molecule has 11 heteroatoms. The standard InChI is InChI=1S/C22H35BrN4O6/c1-2-4-24-19(29)15-16-21(31)27(6-3-10-28)18(22(16)13-14(23)17(15)33-22)20(30)25-5-7-26-8-11-32-12-9-26/h14-18,28H,2-13H2,1H3,(H,24,29)(H,25,30)/t14?,15-,16+,17-,18?,22?/m1/s1. The molecule has 3 unspecified atom stereocenters. The Labute approximate surface area is 202 Å². The lowest BCUT2D eigenvalue weighted by Gasteiger charge is -2.34. The molecule has 0 radical (unpaired) electrons. The van der Waals surface area contributed by atoms with Gasteiger partial charge in [-0.05, 0) is 19.3 Å². The van der Waals surface area contributed by atoms with Crippen LogP contribution in [0.2, 0.25) is 0 Å². The molecule has 33 heavy (non-hydrogen) atoms. The second-order valence-electron chi connectivity index (χ2n) is 9.31. The van der Waals surface area contributed by atoms with E-state index in [0.717, 1.165) is 19.5 Å². The lowest BCUT2D eigenvalue weighted by molar-refractivity contribution is -0.142. The smallest absolute Gasteiger partial charge is 0.245 e. The van der Waals surface area contributed by atoms with Crippen LogP contribution in [-0.4, -0.2) is 114 Å². The minimum absolute atomic E-state index is 0.0855. The lowest BCUT2D eigenvalue weighted by atomic mass is 9.70. The van der Waals surface area contributed by atoms with Gasteiger partial charge in [0.15, 0.2) is 0 Å². The number of hydrogen-bond donors (Lipinski definition) is 3. The predicted molar refractivity (Wildman–Crippen MR) is 123 cm³/mol. The Morgan fingerprint density at radius 2 is 1.91 bits per heavy atom. The highest BCUT2D eigenvalue weighted by Crippen LogP contribution is 2.59. The van der Waals surface area contributed by atoms with Crippen LogP contribution in [0.3, 0.4) is 0 Å². The number of alkyl halides is 1. The highest BCUT2D eigenvalue weighted by Gasteiger charge is 2.76. The van der Waals surface area contributed by atoms with Gasteiger partial charge in [-0.25, -0.2) is 0 Å². The van der Waals surface area contributed by atoms with Gasteiger partial charge >= 0.3 is 0 Å². The van der Waals surface area contributed by atoms with Crippen LogP contribution in [0, 0.1) is 11.8 Å². The molecule has 3 amide bonds. The fourth-order valence-corrected chi connectivity index (χ4v) is 6.78. The van der Waals surface area contributed by atoms with Crippen molar-refractivity contribution in [2.75, 3.05) is 59.1 Å². The first-order chi connectivity index (χ1) is 15.9. The molecule has 0 aromatic rings. The highest BCUT2D eigenvalue weighted by atomic mass is 79.9. The van der Waals surface area contributed by atoms with Crippen LogP contribution in [0.15, 0.2) is 0 Å². The minimum Gasteiger partial charge on any atom is -0.396 e. The normalized spacial score (nSPS) is 35.7. The molecule has 3 N–H and O–H groups in total. The van der Waals surface area contributed by atoms with Gasteiger partial charge in [0.25, 0.3) is 0 Å². The van der Waals surface area contributed by atoms with E-state index in [0.29, 0.717) is 45.7 Å². The number of halogens is 1. The molecule has 4 saturated heterocycles. The van der Waals surface area contributed by atoms with E-state index in [-0.39, 0.29) is 35.7 Å². The van der Waals surface area contributed by atoms with Crippen molar-refractivity contribution in [3.63, 3.8) is 0 Å². The van der Waals surface area contributed by atoms with E-state index in [1.54, 1.807) is 0 Å². The van der Waals surface area contributed by atoms with Gasteiger partial charge in [0.05, 0.1) is 31.2 Å². The molecular weight excluding hydrogens is 496 g/mol. The minimum atomic E-state index is -1.04. The number of amides is 3. The molecule has 0 aliphatic carbocycles. The Kier molecular flexibility index (Phi) is 7.95. The van der Waals surface area contributed by atoms with Crippen LogP contribution in [0.1, 0.15) is 26.2 Å². The summed E-state index contributed by atoms with van der Waals surface area (Å²) in [4.78, 5) is 43.7. The number of carbonyl (C=O) groups excluding carboxylic acids is 3. The molecular formula is C22H35BrN4O6. The third kappa shape index (κ3) is 4.54. The van der Waals surface area contributed by atoms with E-state index < -0.39 is 29.6 Å². The summed E-state index contributed by atoms with van der Waals surface area (Å²) < 4.78 is 11.8. The number of aliphatic hydroxyl groups excluding tert-OH is 1. The average molecular weight is 531 g/mol. The van der Waals surface area contributed by atoms with Gasteiger partial charge in [-0.1, -0.05) is 22.9 Å². The number of carbonyl (C=O) groups is 3. The highest BCUT2D eigenvalue weighted by molar-refractivity contribution is 9.09. The molecule has 4 rings (SSSR count). The van der Waals surface area contributed by atoms with Crippen LogP contribution in [0.4, 0.5) is 0 Å². The molecule has 0 aromatic heterocycles. The van der Waals surface area contributed by atoms with Crippen molar-refractivity contribution in [2.45, 2.75) is 48.8 Å². The number of rotatable bonds is 10. The molecule has 4 heterocycles. The Hall–Kier alpha value is -1.27. The third-order valence-electron chi connectivity index (χ3n) is 7.28. The summed E-state index contributed by atoms with van der Waals surface area (Å²) in [5.74, 6) is -2.00. The molecule has 186 valence electrons. The topological polar surface area (TPSA) is 120 Å². The lowest BCUT2D eigenvalue weighted by Crippen LogP contribution is -2.56. The summed E-state index contributed by atoms with van der Waals surface area (Å²) in [5, 5.41) is 15.3. The van der Waals surface area contributed by atoms with E-state index in [2.05, 4.69) is 31.5 Å². The Bertz CT molecular complexity index is 750. The summed E-state index contributed by atoms with van der Waals surface area (Å²) >= 11 is 3.65. The summed E-state index contributed by atoms with van der Waals surface area (Å²) in [7, 11) is 0. The molecule has 4 aliphatic heterocycles. The number of likely N-dealkylation sites (tertiary alicyclic amines) is 1. The molecule has 0 saturated carbocycles. The first kappa shape index (κ1) is 24.8. The SMILES string of the molecule is CCCNC(=O)[C@H]1[C@@H]2OC3(CC2Br)C(C(=O)NCCN2CCOCC2)N(CCCO)C(=O)[C@H]13. The van der Waals surface area contributed by atoms with Gasteiger partial charge < -0.3 is 30.1 Å². The van der Waals surface area contributed by atoms with Crippen molar-refractivity contribution in [3.05, 3.63) is 0 Å². The molecule has 6 atom stereocenters. The van der Waals surface area contributed by atoms with Gasteiger partial charge in [-0.2, -0.15) is 0 Å². The molecule has 4 fully saturated rings. The van der Waals surface area contributed by atoms with E-state index in [1.165, 1.54) is 4.90 Å². The fraction of sp³-hybridized carbons (Fsp3) is 0.864. The number of fused-ring (bicyclic) bond motifs is 1. The maximum atomic E-state index is 13.6. The van der Waals surface area contributed by atoms with Crippen molar-refractivity contribution < 1.29 is 29.0 Å². The number of nitrogens with one attached hydrogen (secondary N) is 2. The van der Waals surface area contributed by atoms with Crippen molar-refractivity contribution in [1.29, 1.82) is 0 Å². The largest absolute Gasteiger partial charge is 0.396 e. The van der Waals surface area contributed by atoms with Crippen LogP contribution < -0.4 is 10.6 Å². The van der Waals surface area contributed by atoms with E-state index >= 15 is 0 Å². The van der Waals surface area contributed by atoms with E-state index in [1.807, 2.05) is 6.92 Å². The second kappa shape index (κ2) is 10.6. The van der Waals surface area contributed by atoms with Crippen LogP contribution >= 0.6 is 15.9 Å². The van der Waals surface area contributed by atoms with Crippen LogP contribution in [-0.2, 0) is 23.9 Å². The summed E-state index contributed by atoms with van der Waals surface area (Å²) in [5.41, 5.74) is -1.04. The number of morpholine rings is 1. The van der Waals surface area contributed by atoms with Gasteiger partial charge in [-0.3, -0.25) is 19.3 Å². The fourth-order valence-electron chi connectivity index (χ4n) is 5.84. The zero-order valence-electron chi connectivity index (χ0n) is 19.1. The Balaban J connectivity index is 1.53.